The van der Waals surface area contributed by atoms with Crippen LogP contribution < -0.4 is 4.74 Å². The Labute approximate surface area is 130 Å². The molecule has 0 aliphatic heterocycles. The van der Waals surface area contributed by atoms with Gasteiger partial charge in [-0.3, -0.25) is 4.90 Å². The Kier molecular flexibility index (Phi) is 5.62. The lowest BCUT2D eigenvalue weighted by Gasteiger charge is -2.17. The van der Waals surface area contributed by atoms with Gasteiger partial charge >= 0.3 is 0 Å². The van der Waals surface area contributed by atoms with E-state index in [1.165, 1.54) is 5.56 Å². The first kappa shape index (κ1) is 15.4. The molecule has 108 valence electrons. The average molecular weight is 301 g/mol. The molecule has 0 spiro atoms. The van der Waals surface area contributed by atoms with Crippen molar-refractivity contribution in [3.8, 4) is 11.8 Å². The van der Waals surface area contributed by atoms with Crippen LogP contribution >= 0.6 is 11.6 Å². The van der Waals surface area contributed by atoms with Crippen molar-refractivity contribution in [1.82, 2.24) is 4.90 Å². The second kappa shape index (κ2) is 7.68. The highest BCUT2D eigenvalue weighted by Crippen LogP contribution is 2.22. The molecule has 0 fully saturated rings. The lowest BCUT2D eigenvalue weighted by Crippen LogP contribution is -2.23. The van der Waals surface area contributed by atoms with Crippen molar-refractivity contribution in [3.05, 3.63) is 64.7 Å². The van der Waals surface area contributed by atoms with Gasteiger partial charge in [-0.25, -0.2) is 0 Å². The molecule has 2 rings (SSSR count). The fourth-order valence-electron chi connectivity index (χ4n) is 1.95. The van der Waals surface area contributed by atoms with Gasteiger partial charge in [0.05, 0.1) is 16.7 Å². The molecule has 0 atom stereocenters. The Hall–Kier alpha value is -2.02. The topological polar surface area (TPSA) is 36.3 Å². The zero-order chi connectivity index (χ0) is 15.1. The van der Waals surface area contributed by atoms with E-state index in [4.69, 9.17) is 21.6 Å². The highest BCUT2D eigenvalue weighted by Gasteiger charge is 2.03. The molecule has 0 heterocycles. The van der Waals surface area contributed by atoms with Crippen molar-refractivity contribution in [1.29, 1.82) is 5.26 Å². The molecule has 2 aromatic carbocycles. The van der Waals surface area contributed by atoms with Gasteiger partial charge in [-0.15, -0.1) is 0 Å². The smallest absolute Gasteiger partial charge is 0.137 e. The average Bonchev–Trinajstić information content (AvgIpc) is 2.50. The molecule has 0 amide bonds. The van der Waals surface area contributed by atoms with Crippen molar-refractivity contribution in [2.24, 2.45) is 0 Å². The summed E-state index contributed by atoms with van der Waals surface area (Å²) in [6.07, 6.45) is 0. The minimum atomic E-state index is 0.580. The first-order chi connectivity index (χ1) is 10.2. The van der Waals surface area contributed by atoms with Gasteiger partial charge in [0, 0.05) is 13.1 Å². The Balaban J connectivity index is 1.78. The van der Waals surface area contributed by atoms with Crippen molar-refractivity contribution in [3.63, 3.8) is 0 Å². The lowest BCUT2D eigenvalue weighted by atomic mass is 10.1. The number of halogens is 1. The number of nitrogens with zero attached hydrogens (tertiary/aromatic N) is 2. The number of benzene rings is 2. The largest absolute Gasteiger partial charge is 0.491 e. The number of nitriles is 1. The second-order valence-corrected chi connectivity index (χ2v) is 5.23. The zero-order valence-electron chi connectivity index (χ0n) is 11.9. The standard InChI is InChI=1S/C17H17ClN2O/c1-20(13-15-8-6-14(12-19)7-9-15)10-11-21-17-5-3-2-4-16(17)18/h2-9H,10-11,13H2,1H3. The third kappa shape index (κ3) is 4.78. The summed E-state index contributed by atoms with van der Waals surface area (Å²) in [4.78, 5) is 2.16. The van der Waals surface area contributed by atoms with Crippen LogP contribution in [-0.2, 0) is 6.54 Å². The van der Waals surface area contributed by atoms with Crippen molar-refractivity contribution < 1.29 is 4.74 Å². The molecule has 0 aromatic heterocycles. The van der Waals surface area contributed by atoms with E-state index in [9.17, 15) is 0 Å². The molecule has 21 heavy (non-hydrogen) atoms. The summed E-state index contributed by atoms with van der Waals surface area (Å²) in [7, 11) is 2.04. The molecule has 0 saturated heterocycles. The van der Waals surface area contributed by atoms with Gasteiger partial charge in [0.1, 0.15) is 12.4 Å². The molecular weight excluding hydrogens is 284 g/mol. The second-order valence-electron chi connectivity index (χ2n) is 4.83. The van der Waals surface area contributed by atoms with Gasteiger partial charge in [0.15, 0.2) is 0 Å². The Morgan fingerprint density at radius 1 is 1.14 bits per heavy atom. The third-order valence-electron chi connectivity index (χ3n) is 3.10. The number of hydrogen-bond donors (Lipinski definition) is 0. The van der Waals surface area contributed by atoms with Crippen LogP contribution in [0.25, 0.3) is 0 Å². The first-order valence-electron chi connectivity index (χ1n) is 6.74. The van der Waals surface area contributed by atoms with Crippen LogP contribution in [0.3, 0.4) is 0 Å². The number of hydrogen-bond acceptors (Lipinski definition) is 3. The van der Waals surface area contributed by atoms with Crippen LogP contribution in [0.2, 0.25) is 5.02 Å². The van der Waals surface area contributed by atoms with Crippen molar-refractivity contribution in [2.45, 2.75) is 6.54 Å². The van der Waals surface area contributed by atoms with E-state index in [0.717, 1.165) is 13.1 Å². The highest BCUT2D eigenvalue weighted by molar-refractivity contribution is 6.32. The van der Waals surface area contributed by atoms with E-state index in [0.29, 0.717) is 22.9 Å². The SMILES string of the molecule is CN(CCOc1ccccc1Cl)Cc1ccc(C#N)cc1. The van der Waals surface area contributed by atoms with E-state index in [-0.39, 0.29) is 0 Å². The highest BCUT2D eigenvalue weighted by atomic mass is 35.5. The lowest BCUT2D eigenvalue weighted by molar-refractivity contribution is 0.233. The number of likely N-dealkylation sites (N-methyl/N-ethyl adjacent to an activating group) is 1. The number of para-hydroxylation sites is 1. The molecule has 0 radical (unpaired) electrons. The van der Waals surface area contributed by atoms with Gasteiger partial charge in [-0.05, 0) is 36.9 Å². The zero-order valence-corrected chi connectivity index (χ0v) is 12.7. The van der Waals surface area contributed by atoms with E-state index >= 15 is 0 Å². The summed E-state index contributed by atoms with van der Waals surface area (Å²) in [5.41, 5.74) is 1.86. The monoisotopic (exact) mass is 300 g/mol. The van der Waals surface area contributed by atoms with Crippen LogP contribution in [0, 0.1) is 11.3 Å². The van der Waals surface area contributed by atoms with Crippen molar-refractivity contribution in [2.75, 3.05) is 20.2 Å². The number of ether oxygens (including phenoxy) is 1. The maximum absolute atomic E-state index is 8.77. The maximum atomic E-state index is 8.77. The molecule has 2 aromatic rings. The summed E-state index contributed by atoms with van der Waals surface area (Å²) >= 11 is 6.03. The van der Waals surface area contributed by atoms with Crippen LogP contribution in [0.1, 0.15) is 11.1 Å². The molecule has 4 heteroatoms. The molecule has 0 bridgehead atoms. The molecule has 3 nitrogen and oxygen atoms in total. The summed E-state index contributed by atoms with van der Waals surface area (Å²) in [5.74, 6) is 0.714. The normalized spacial score (nSPS) is 10.4. The minimum absolute atomic E-state index is 0.580. The van der Waals surface area contributed by atoms with E-state index in [2.05, 4.69) is 11.0 Å². The Morgan fingerprint density at radius 3 is 2.52 bits per heavy atom. The first-order valence-corrected chi connectivity index (χ1v) is 7.12. The van der Waals surface area contributed by atoms with Crippen LogP contribution in [-0.4, -0.2) is 25.1 Å². The summed E-state index contributed by atoms with van der Waals surface area (Å²) < 4.78 is 5.66. The number of rotatable bonds is 6. The fraction of sp³-hybridized carbons (Fsp3) is 0.235. The van der Waals surface area contributed by atoms with Gasteiger partial charge in [0.2, 0.25) is 0 Å². The minimum Gasteiger partial charge on any atom is -0.491 e. The Morgan fingerprint density at radius 2 is 1.86 bits per heavy atom. The molecule has 0 aliphatic rings. The molecule has 0 N–H and O–H groups in total. The van der Waals surface area contributed by atoms with E-state index in [1.807, 2.05) is 55.6 Å². The molecule has 0 aliphatic carbocycles. The van der Waals surface area contributed by atoms with Crippen molar-refractivity contribution >= 4 is 11.6 Å². The van der Waals surface area contributed by atoms with Gasteiger partial charge in [-0.1, -0.05) is 35.9 Å². The van der Waals surface area contributed by atoms with Gasteiger partial charge in [-0.2, -0.15) is 5.26 Å². The predicted octanol–water partition coefficient (Wildman–Crippen LogP) is 3.72. The Bertz CT molecular complexity index is 619. The van der Waals surface area contributed by atoms with E-state index in [1.54, 1.807) is 0 Å². The summed E-state index contributed by atoms with van der Waals surface area (Å²) in [6.45, 7) is 2.19. The van der Waals surface area contributed by atoms with Crippen LogP contribution in [0.15, 0.2) is 48.5 Å². The molecule has 0 unspecified atom stereocenters. The van der Waals surface area contributed by atoms with E-state index < -0.39 is 0 Å². The molecular formula is C17H17ClN2O. The predicted molar refractivity (Wildman–Crippen MR) is 84.4 cm³/mol. The van der Waals surface area contributed by atoms with Gasteiger partial charge in [0.25, 0.3) is 0 Å². The fourth-order valence-corrected chi connectivity index (χ4v) is 2.14. The quantitative estimate of drug-likeness (QED) is 0.815. The van der Waals surface area contributed by atoms with Crippen LogP contribution in [0.4, 0.5) is 0 Å². The summed E-state index contributed by atoms with van der Waals surface area (Å²) in [5, 5.41) is 9.40. The molecule has 0 saturated carbocycles. The third-order valence-corrected chi connectivity index (χ3v) is 3.41. The maximum Gasteiger partial charge on any atom is 0.137 e. The summed E-state index contributed by atoms with van der Waals surface area (Å²) in [6, 6.07) is 17.2. The van der Waals surface area contributed by atoms with Crippen LogP contribution in [0.5, 0.6) is 5.75 Å². The van der Waals surface area contributed by atoms with Gasteiger partial charge < -0.3 is 4.74 Å².